The summed E-state index contributed by atoms with van der Waals surface area (Å²) in [4.78, 5) is 13.1. The van der Waals surface area contributed by atoms with Crippen LogP contribution in [0.25, 0.3) is 5.76 Å². The van der Waals surface area contributed by atoms with Gasteiger partial charge >= 0.3 is 0 Å². The summed E-state index contributed by atoms with van der Waals surface area (Å²) in [6.07, 6.45) is 1.64. The highest BCUT2D eigenvalue weighted by atomic mass is 35.5. The van der Waals surface area contributed by atoms with Crippen LogP contribution in [0.4, 0.5) is 0 Å². The molecule has 1 aliphatic heterocycles. The molecule has 0 fully saturated rings. The molecule has 6 heteroatoms. The number of rotatable bonds is 2. The van der Waals surface area contributed by atoms with Crippen molar-refractivity contribution in [1.82, 2.24) is 4.90 Å². The van der Waals surface area contributed by atoms with Gasteiger partial charge in [-0.15, -0.1) is 11.3 Å². The monoisotopic (exact) mass is 291 g/mol. The molecule has 0 aromatic carbocycles. The molecule has 17 heavy (non-hydrogen) atoms. The first-order valence-electron chi connectivity index (χ1n) is 4.98. The normalized spacial score (nSPS) is 18.2. The van der Waals surface area contributed by atoms with Crippen LogP contribution in [0.3, 0.4) is 0 Å². The van der Waals surface area contributed by atoms with Gasteiger partial charge in [-0.2, -0.15) is 0 Å². The molecule has 1 amide bonds. The van der Waals surface area contributed by atoms with Gasteiger partial charge in [0.2, 0.25) is 0 Å². The summed E-state index contributed by atoms with van der Waals surface area (Å²) in [5.41, 5.74) is -0.765. The quantitative estimate of drug-likeness (QED) is 0.781. The molecule has 3 nitrogen and oxygen atoms in total. The minimum atomic E-state index is -1.09. The highest BCUT2D eigenvalue weighted by Gasteiger charge is 2.40. The Labute approximate surface area is 114 Å². The predicted molar refractivity (Wildman–Crippen MR) is 69.8 cm³/mol. The highest BCUT2D eigenvalue weighted by molar-refractivity contribution is 7.11. The van der Waals surface area contributed by atoms with Gasteiger partial charge in [-0.1, -0.05) is 29.3 Å². The fourth-order valence-corrected chi connectivity index (χ4v) is 2.47. The van der Waals surface area contributed by atoms with Crippen molar-refractivity contribution in [3.8, 4) is 0 Å². The SMILES string of the molecule is CC1(C)OC(c2cccs2)=CN1C(=O)C(Cl)Cl. The Kier molecular flexibility index (Phi) is 3.39. The van der Waals surface area contributed by atoms with E-state index in [1.165, 1.54) is 4.90 Å². The van der Waals surface area contributed by atoms with Gasteiger partial charge in [-0.25, -0.2) is 0 Å². The van der Waals surface area contributed by atoms with E-state index >= 15 is 0 Å². The molecule has 0 saturated heterocycles. The van der Waals surface area contributed by atoms with Crippen molar-refractivity contribution < 1.29 is 9.53 Å². The lowest BCUT2D eigenvalue weighted by Gasteiger charge is -2.29. The summed E-state index contributed by atoms with van der Waals surface area (Å²) in [5.74, 6) is 0.275. The average Bonchev–Trinajstić information content (AvgIpc) is 2.83. The zero-order chi connectivity index (χ0) is 12.6. The number of hydrogen-bond donors (Lipinski definition) is 0. The topological polar surface area (TPSA) is 29.5 Å². The van der Waals surface area contributed by atoms with E-state index in [0.29, 0.717) is 5.76 Å². The third-order valence-electron chi connectivity index (χ3n) is 2.37. The molecule has 0 radical (unpaired) electrons. The highest BCUT2D eigenvalue weighted by Crippen LogP contribution is 2.36. The van der Waals surface area contributed by atoms with Crippen LogP contribution >= 0.6 is 34.5 Å². The van der Waals surface area contributed by atoms with Gasteiger partial charge in [-0.3, -0.25) is 9.69 Å². The lowest BCUT2D eigenvalue weighted by molar-refractivity contribution is -0.138. The van der Waals surface area contributed by atoms with E-state index < -0.39 is 10.6 Å². The Hall–Kier alpha value is -0.710. The van der Waals surface area contributed by atoms with E-state index in [2.05, 4.69) is 0 Å². The van der Waals surface area contributed by atoms with E-state index in [9.17, 15) is 4.79 Å². The summed E-state index contributed by atoms with van der Waals surface area (Å²) in [6.45, 7) is 3.58. The summed E-state index contributed by atoms with van der Waals surface area (Å²) < 4.78 is 5.74. The first-order valence-corrected chi connectivity index (χ1v) is 6.73. The first kappa shape index (κ1) is 12.7. The van der Waals surface area contributed by atoms with E-state index in [0.717, 1.165) is 4.88 Å². The van der Waals surface area contributed by atoms with E-state index in [1.54, 1.807) is 31.4 Å². The Morgan fingerprint density at radius 2 is 2.24 bits per heavy atom. The molecule has 1 aliphatic rings. The second-order valence-electron chi connectivity index (χ2n) is 4.03. The molecule has 0 N–H and O–H groups in total. The van der Waals surface area contributed by atoms with Gasteiger partial charge in [0.05, 0.1) is 11.1 Å². The molecule has 0 unspecified atom stereocenters. The molecule has 0 bridgehead atoms. The first-order chi connectivity index (χ1) is 7.92. The van der Waals surface area contributed by atoms with E-state index in [4.69, 9.17) is 27.9 Å². The van der Waals surface area contributed by atoms with Crippen molar-refractivity contribution in [2.45, 2.75) is 24.4 Å². The van der Waals surface area contributed by atoms with Crippen LogP contribution in [-0.4, -0.2) is 21.4 Å². The summed E-state index contributed by atoms with van der Waals surface area (Å²) in [6, 6.07) is 3.85. The molecular weight excluding hydrogens is 281 g/mol. The van der Waals surface area contributed by atoms with Gasteiger partial charge < -0.3 is 4.74 Å². The summed E-state index contributed by atoms with van der Waals surface area (Å²) in [7, 11) is 0. The number of amides is 1. The van der Waals surface area contributed by atoms with Crippen LogP contribution in [0.2, 0.25) is 0 Å². The zero-order valence-corrected chi connectivity index (χ0v) is 11.6. The number of hydrogen-bond acceptors (Lipinski definition) is 3. The molecule has 2 rings (SSSR count). The molecular formula is C11H11Cl2NO2S. The van der Waals surface area contributed by atoms with Crippen LogP contribution < -0.4 is 0 Å². The molecule has 1 aromatic heterocycles. The molecule has 1 aromatic rings. The minimum Gasteiger partial charge on any atom is -0.465 e. The van der Waals surface area contributed by atoms with Crippen LogP contribution in [0.5, 0.6) is 0 Å². The number of ether oxygens (including phenoxy) is 1. The zero-order valence-electron chi connectivity index (χ0n) is 9.31. The van der Waals surface area contributed by atoms with Crippen LogP contribution in [0.15, 0.2) is 23.7 Å². The number of alkyl halides is 2. The standard InChI is InChI=1S/C11H11Cl2NO2S/c1-11(2)14(10(15)9(12)13)6-7(16-11)8-4-3-5-17-8/h3-6,9H,1-2H3. The van der Waals surface area contributed by atoms with Crippen molar-refractivity contribution in [1.29, 1.82) is 0 Å². The maximum atomic E-state index is 11.8. The van der Waals surface area contributed by atoms with Gasteiger partial charge in [0.1, 0.15) is 0 Å². The lowest BCUT2D eigenvalue weighted by Crippen LogP contribution is -2.44. The second kappa shape index (κ2) is 4.52. The minimum absolute atomic E-state index is 0.384. The Morgan fingerprint density at radius 3 is 2.76 bits per heavy atom. The number of nitrogens with zero attached hydrogens (tertiary/aromatic N) is 1. The Balaban J connectivity index is 2.30. The van der Waals surface area contributed by atoms with Crippen molar-refractivity contribution >= 4 is 46.2 Å². The number of carbonyl (C=O) groups excluding carboxylic acids is 1. The summed E-state index contributed by atoms with van der Waals surface area (Å²) in [5, 5.41) is 1.95. The Morgan fingerprint density at radius 1 is 1.53 bits per heavy atom. The van der Waals surface area contributed by atoms with Gasteiger partial charge in [-0.05, 0) is 25.3 Å². The van der Waals surface area contributed by atoms with Crippen LogP contribution in [-0.2, 0) is 9.53 Å². The Bertz CT molecular complexity index is 454. The lowest BCUT2D eigenvalue weighted by atomic mass is 10.3. The summed E-state index contributed by atoms with van der Waals surface area (Å²) >= 11 is 12.7. The third-order valence-corrected chi connectivity index (χ3v) is 3.63. The molecule has 0 atom stereocenters. The van der Waals surface area contributed by atoms with E-state index in [-0.39, 0.29) is 5.91 Å². The maximum absolute atomic E-state index is 11.8. The average molecular weight is 292 g/mol. The molecule has 92 valence electrons. The second-order valence-corrected chi connectivity index (χ2v) is 6.07. The maximum Gasteiger partial charge on any atom is 0.263 e. The van der Waals surface area contributed by atoms with Crippen LogP contribution in [0, 0.1) is 0 Å². The van der Waals surface area contributed by atoms with Crippen LogP contribution in [0.1, 0.15) is 18.7 Å². The molecule has 0 aliphatic carbocycles. The van der Waals surface area contributed by atoms with Crippen molar-refractivity contribution in [3.05, 3.63) is 28.6 Å². The van der Waals surface area contributed by atoms with Crippen molar-refractivity contribution in [2.24, 2.45) is 0 Å². The van der Waals surface area contributed by atoms with Crippen molar-refractivity contribution in [2.75, 3.05) is 0 Å². The number of halogens is 2. The molecule has 2 heterocycles. The fourth-order valence-electron chi connectivity index (χ4n) is 1.58. The van der Waals surface area contributed by atoms with Gasteiger partial charge in [0, 0.05) is 0 Å². The predicted octanol–water partition coefficient (Wildman–Crippen LogP) is 3.45. The smallest absolute Gasteiger partial charge is 0.263 e. The largest absolute Gasteiger partial charge is 0.465 e. The van der Waals surface area contributed by atoms with Crippen molar-refractivity contribution in [3.63, 3.8) is 0 Å². The van der Waals surface area contributed by atoms with Gasteiger partial charge in [0.25, 0.3) is 5.91 Å². The molecule has 0 saturated carbocycles. The third kappa shape index (κ3) is 2.44. The molecule has 0 spiro atoms. The fraction of sp³-hybridized carbons (Fsp3) is 0.364. The number of carbonyl (C=O) groups is 1. The van der Waals surface area contributed by atoms with Gasteiger partial charge in [0.15, 0.2) is 16.3 Å². The van der Waals surface area contributed by atoms with E-state index in [1.807, 2.05) is 17.5 Å². The number of thiophene rings is 1.